The van der Waals surface area contributed by atoms with Gasteiger partial charge < -0.3 is 11.1 Å². The molecule has 0 saturated carbocycles. The van der Waals surface area contributed by atoms with Gasteiger partial charge in [-0.2, -0.15) is 5.10 Å². The predicted molar refractivity (Wildman–Crippen MR) is 72.5 cm³/mol. The lowest BCUT2D eigenvalue weighted by atomic mass is 10.1. The number of primary amides is 1. The topological polar surface area (TPSA) is 130 Å². The molecular weight excluding hydrogens is 262 g/mol. The molecule has 0 bridgehead atoms. The average molecular weight is 273 g/mol. The number of anilines is 2. The van der Waals surface area contributed by atoms with E-state index in [-0.39, 0.29) is 22.6 Å². The number of nitrogens with one attached hydrogen (secondary N) is 3. The molecule has 0 spiro atoms. The van der Waals surface area contributed by atoms with E-state index < -0.39 is 11.9 Å². The Kier molecular flexibility index (Phi) is 3.75. The number of carbonyl (C=O) groups is 2. The standard InChI is InChI=1S/C12H11N5O3/c13-11(19)7-3-1-2-4-8(7)14-12(20)15-9-5-6-10(18)17-16-9/h1-6H,(H2,13,19)(H,17,18)(H2,14,15,16,20). The van der Waals surface area contributed by atoms with Gasteiger partial charge in [0.2, 0.25) is 0 Å². The summed E-state index contributed by atoms with van der Waals surface area (Å²) in [5, 5.41) is 10.7. The molecular formula is C12H11N5O3. The van der Waals surface area contributed by atoms with Gasteiger partial charge in [0.1, 0.15) is 0 Å². The Labute approximate surface area is 113 Å². The molecule has 1 heterocycles. The molecule has 0 aliphatic heterocycles. The van der Waals surface area contributed by atoms with Crippen molar-refractivity contribution in [2.75, 3.05) is 10.6 Å². The molecule has 0 fully saturated rings. The van der Waals surface area contributed by atoms with E-state index in [0.29, 0.717) is 0 Å². The summed E-state index contributed by atoms with van der Waals surface area (Å²) in [7, 11) is 0. The van der Waals surface area contributed by atoms with Crippen molar-refractivity contribution in [2.24, 2.45) is 5.73 Å². The van der Waals surface area contributed by atoms with Gasteiger partial charge in [-0.25, -0.2) is 9.89 Å². The minimum Gasteiger partial charge on any atom is -0.366 e. The molecule has 0 saturated heterocycles. The minimum absolute atomic E-state index is 0.165. The van der Waals surface area contributed by atoms with Crippen LogP contribution in [0.15, 0.2) is 41.2 Å². The first-order valence-electron chi connectivity index (χ1n) is 5.59. The molecule has 1 aromatic heterocycles. The number of urea groups is 1. The number of nitrogens with zero attached hydrogens (tertiary/aromatic N) is 1. The molecule has 0 atom stereocenters. The quantitative estimate of drug-likeness (QED) is 0.649. The van der Waals surface area contributed by atoms with E-state index in [1.165, 1.54) is 18.2 Å². The van der Waals surface area contributed by atoms with Crippen molar-refractivity contribution in [3.8, 4) is 0 Å². The van der Waals surface area contributed by atoms with E-state index in [2.05, 4.69) is 20.8 Å². The molecule has 2 aromatic rings. The number of hydrogen-bond acceptors (Lipinski definition) is 4. The zero-order valence-electron chi connectivity index (χ0n) is 10.2. The van der Waals surface area contributed by atoms with Gasteiger partial charge in [0.15, 0.2) is 5.82 Å². The SMILES string of the molecule is NC(=O)c1ccccc1NC(=O)Nc1ccc(=O)[nH]n1. The van der Waals surface area contributed by atoms with E-state index in [1.807, 2.05) is 0 Å². The highest BCUT2D eigenvalue weighted by atomic mass is 16.2. The summed E-state index contributed by atoms with van der Waals surface area (Å²) in [5.74, 6) is -0.485. The Balaban J connectivity index is 2.10. The molecule has 8 nitrogen and oxygen atoms in total. The molecule has 0 aliphatic rings. The number of aromatic nitrogens is 2. The maximum absolute atomic E-state index is 11.7. The van der Waals surface area contributed by atoms with Crippen LogP contribution in [-0.2, 0) is 0 Å². The molecule has 0 aliphatic carbocycles. The fraction of sp³-hybridized carbons (Fsp3) is 0. The monoisotopic (exact) mass is 273 g/mol. The lowest BCUT2D eigenvalue weighted by molar-refractivity contribution is 0.100. The number of carbonyl (C=O) groups excluding carboxylic acids is 2. The lowest BCUT2D eigenvalue weighted by Gasteiger charge is -2.09. The van der Waals surface area contributed by atoms with Crippen LogP contribution in [0, 0.1) is 0 Å². The smallest absolute Gasteiger partial charge is 0.324 e. The molecule has 3 amide bonds. The average Bonchev–Trinajstić information content (AvgIpc) is 2.41. The maximum Gasteiger partial charge on any atom is 0.324 e. The fourth-order valence-electron chi connectivity index (χ4n) is 1.49. The predicted octanol–water partition coefficient (Wildman–Crippen LogP) is 0.513. The van der Waals surface area contributed by atoms with Crippen molar-refractivity contribution in [3.05, 3.63) is 52.3 Å². The molecule has 5 N–H and O–H groups in total. The number of benzene rings is 1. The number of para-hydroxylation sites is 1. The summed E-state index contributed by atoms with van der Waals surface area (Å²) in [6.45, 7) is 0. The van der Waals surface area contributed by atoms with Crippen molar-refractivity contribution in [2.45, 2.75) is 0 Å². The van der Waals surface area contributed by atoms with Gasteiger partial charge in [-0.1, -0.05) is 12.1 Å². The lowest BCUT2D eigenvalue weighted by Crippen LogP contribution is -2.23. The fourth-order valence-corrected chi connectivity index (χ4v) is 1.49. The van der Waals surface area contributed by atoms with Gasteiger partial charge in [-0.05, 0) is 18.2 Å². The number of rotatable bonds is 3. The summed E-state index contributed by atoms with van der Waals surface area (Å²) < 4.78 is 0. The Morgan fingerprint density at radius 1 is 1.10 bits per heavy atom. The molecule has 0 radical (unpaired) electrons. The van der Waals surface area contributed by atoms with Gasteiger partial charge in [0, 0.05) is 6.07 Å². The summed E-state index contributed by atoms with van der Waals surface area (Å²) in [6, 6.07) is 8.28. The summed E-state index contributed by atoms with van der Waals surface area (Å²) >= 11 is 0. The number of aromatic amines is 1. The van der Waals surface area contributed by atoms with Crippen LogP contribution in [0.1, 0.15) is 10.4 Å². The Morgan fingerprint density at radius 2 is 1.85 bits per heavy atom. The van der Waals surface area contributed by atoms with Crippen LogP contribution in [0.25, 0.3) is 0 Å². The van der Waals surface area contributed by atoms with Crippen molar-refractivity contribution in [1.82, 2.24) is 10.2 Å². The van der Waals surface area contributed by atoms with Crippen LogP contribution < -0.4 is 21.9 Å². The van der Waals surface area contributed by atoms with E-state index >= 15 is 0 Å². The van der Waals surface area contributed by atoms with Crippen molar-refractivity contribution < 1.29 is 9.59 Å². The van der Waals surface area contributed by atoms with Crippen LogP contribution in [0.5, 0.6) is 0 Å². The van der Waals surface area contributed by atoms with Crippen LogP contribution in [-0.4, -0.2) is 22.1 Å². The highest BCUT2D eigenvalue weighted by molar-refractivity contribution is 6.05. The molecule has 0 unspecified atom stereocenters. The number of H-pyrrole nitrogens is 1. The Hall–Kier alpha value is -3.16. The van der Waals surface area contributed by atoms with Gasteiger partial charge in [-0.15, -0.1) is 0 Å². The first kappa shape index (κ1) is 13.3. The van der Waals surface area contributed by atoms with Crippen LogP contribution in [0.3, 0.4) is 0 Å². The first-order chi connectivity index (χ1) is 9.56. The summed E-state index contributed by atoms with van der Waals surface area (Å²) in [6.07, 6.45) is 0. The largest absolute Gasteiger partial charge is 0.366 e. The van der Waals surface area contributed by atoms with Gasteiger partial charge in [0.25, 0.3) is 11.5 Å². The van der Waals surface area contributed by atoms with Gasteiger partial charge >= 0.3 is 6.03 Å². The normalized spacial score (nSPS) is 9.80. The molecule has 102 valence electrons. The number of nitrogens with two attached hydrogens (primary N) is 1. The highest BCUT2D eigenvalue weighted by Gasteiger charge is 2.10. The Morgan fingerprint density at radius 3 is 2.50 bits per heavy atom. The first-order valence-corrected chi connectivity index (χ1v) is 5.59. The highest BCUT2D eigenvalue weighted by Crippen LogP contribution is 2.14. The van der Waals surface area contributed by atoms with E-state index in [4.69, 9.17) is 5.73 Å². The summed E-state index contributed by atoms with van der Waals surface area (Å²) in [5.41, 5.74) is 5.29. The number of hydrogen-bond donors (Lipinski definition) is 4. The van der Waals surface area contributed by atoms with E-state index in [0.717, 1.165) is 0 Å². The molecule has 20 heavy (non-hydrogen) atoms. The maximum atomic E-state index is 11.7. The minimum atomic E-state index is -0.650. The molecule has 1 aromatic carbocycles. The van der Waals surface area contributed by atoms with Crippen LogP contribution in [0.4, 0.5) is 16.3 Å². The second-order valence-electron chi connectivity index (χ2n) is 3.80. The van der Waals surface area contributed by atoms with Crippen LogP contribution in [0.2, 0.25) is 0 Å². The zero-order chi connectivity index (χ0) is 14.5. The van der Waals surface area contributed by atoms with Gasteiger partial charge in [-0.3, -0.25) is 14.9 Å². The molecule has 8 heteroatoms. The summed E-state index contributed by atoms with van der Waals surface area (Å²) in [4.78, 5) is 33.8. The third-order valence-corrected chi connectivity index (χ3v) is 2.36. The molecule has 2 rings (SSSR count). The third kappa shape index (κ3) is 3.19. The zero-order valence-corrected chi connectivity index (χ0v) is 10.2. The van der Waals surface area contributed by atoms with Crippen molar-refractivity contribution in [1.29, 1.82) is 0 Å². The van der Waals surface area contributed by atoms with Crippen molar-refractivity contribution >= 4 is 23.4 Å². The number of amides is 3. The second kappa shape index (κ2) is 5.65. The van der Waals surface area contributed by atoms with E-state index in [9.17, 15) is 14.4 Å². The Bertz CT molecular complexity index is 690. The van der Waals surface area contributed by atoms with Crippen LogP contribution >= 0.6 is 0 Å². The van der Waals surface area contributed by atoms with E-state index in [1.54, 1.807) is 18.2 Å². The van der Waals surface area contributed by atoms with Crippen molar-refractivity contribution in [3.63, 3.8) is 0 Å². The second-order valence-corrected chi connectivity index (χ2v) is 3.80. The third-order valence-electron chi connectivity index (χ3n) is 2.36. The van der Waals surface area contributed by atoms with Gasteiger partial charge in [0.05, 0.1) is 11.3 Å².